The Bertz CT molecular complexity index is 405. The smallest absolute Gasteiger partial charge is 0.311 e. The Labute approximate surface area is 93.2 Å². The third kappa shape index (κ3) is 2.80. The number of nitrogens with zero attached hydrogens (tertiary/aromatic N) is 3. The molecule has 0 aromatic carbocycles. The zero-order valence-electron chi connectivity index (χ0n) is 9.30. The summed E-state index contributed by atoms with van der Waals surface area (Å²) in [5, 5.41) is 10.7. The zero-order chi connectivity index (χ0) is 12.3. The molecule has 0 saturated carbocycles. The first-order valence-corrected chi connectivity index (χ1v) is 4.75. The lowest BCUT2D eigenvalue weighted by Gasteiger charge is -2.10. The molecule has 0 atom stereocenters. The van der Waals surface area contributed by atoms with Gasteiger partial charge in [0.15, 0.2) is 0 Å². The summed E-state index contributed by atoms with van der Waals surface area (Å²) in [5.41, 5.74) is 11.5. The number of rotatable bonds is 4. The number of pyridine rings is 1. The number of hydrogen-bond acceptors (Lipinski definition) is 6. The van der Waals surface area contributed by atoms with Crippen LogP contribution >= 0.6 is 0 Å². The average molecular weight is 225 g/mol. The van der Waals surface area contributed by atoms with E-state index in [1.807, 2.05) is 19.0 Å². The quantitative estimate of drug-likeness (QED) is 0.561. The maximum Gasteiger partial charge on any atom is 0.311 e. The fourth-order valence-corrected chi connectivity index (χ4v) is 1.26. The monoisotopic (exact) mass is 225 g/mol. The summed E-state index contributed by atoms with van der Waals surface area (Å²) in [7, 11) is 3.82. The van der Waals surface area contributed by atoms with E-state index in [1.165, 1.54) is 6.07 Å². The zero-order valence-corrected chi connectivity index (χ0v) is 9.30. The van der Waals surface area contributed by atoms with E-state index in [1.54, 1.807) is 0 Å². The lowest BCUT2D eigenvalue weighted by Crippen LogP contribution is -2.16. The van der Waals surface area contributed by atoms with Crippen LogP contribution in [0.5, 0.6) is 0 Å². The molecular weight excluding hydrogens is 210 g/mol. The standard InChI is InChI=1S/C9H15N5O2/c1-13(2)4-3-6-5-7(14(15)16)9(11)12-8(6)10/h5H,3-4H2,1-2H3,(H4,10,11,12). The van der Waals surface area contributed by atoms with Crippen LogP contribution in [0.25, 0.3) is 0 Å². The SMILES string of the molecule is CN(C)CCc1cc([N+](=O)[O-])c(N)nc1N. The normalized spacial score (nSPS) is 10.7. The molecule has 4 N–H and O–H groups in total. The second kappa shape index (κ2) is 4.75. The predicted molar refractivity (Wildman–Crippen MR) is 62.0 cm³/mol. The Hall–Kier alpha value is -1.89. The van der Waals surface area contributed by atoms with Gasteiger partial charge in [-0.2, -0.15) is 0 Å². The first kappa shape index (κ1) is 12.2. The minimum atomic E-state index is -0.555. The summed E-state index contributed by atoms with van der Waals surface area (Å²) < 4.78 is 0. The number of nitro groups is 1. The summed E-state index contributed by atoms with van der Waals surface area (Å²) in [6.07, 6.45) is 0.604. The first-order valence-electron chi connectivity index (χ1n) is 4.75. The van der Waals surface area contributed by atoms with Crippen LogP contribution in [0, 0.1) is 10.1 Å². The molecular formula is C9H15N5O2. The van der Waals surface area contributed by atoms with Crippen LogP contribution in [0.15, 0.2) is 6.07 Å². The second-order valence-corrected chi connectivity index (χ2v) is 3.75. The molecule has 7 heteroatoms. The fraction of sp³-hybridized carbons (Fsp3) is 0.444. The lowest BCUT2D eigenvalue weighted by molar-refractivity contribution is -0.384. The van der Waals surface area contributed by atoms with Crippen LogP contribution in [0.1, 0.15) is 5.56 Å². The molecule has 88 valence electrons. The molecule has 0 amide bonds. The Morgan fingerprint density at radius 3 is 2.56 bits per heavy atom. The molecule has 1 rings (SSSR count). The number of likely N-dealkylation sites (N-methyl/N-ethyl adjacent to an activating group) is 1. The summed E-state index contributed by atoms with van der Waals surface area (Å²) >= 11 is 0. The van der Waals surface area contributed by atoms with Gasteiger partial charge in [-0.3, -0.25) is 10.1 Å². The van der Waals surface area contributed by atoms with E-state index in [0.29, 0.717) is 12.0 Å². The average Bonchev–Trinajstić information content (AvgIpc) is 2.15. The Kier molecular flexibility index (Phi) is 3.62. The van der Waals surface area contributed by atoms with Crippen molar-refractivity contribution in [3.05, 3.63) is 21.7 Å². The van der Waals surface area contributed by atoms with Gasteiger partial charge in [0.2, 0.25) is 5.82 Å². The second-order valence-electron chi connectivity index (χ2n) is 3.75. The van der Waals surface area contributed by atoms with Gasteiger partial charge < -0.3 is 16.4 Å². The molecule has 0 aliphatic heterocycles. The Morgan fingerprint density at radius 1 is 1.44 bits per heavy atom. The molecule has 0 unspecified atom stereocenters. The van der Waals surface area contributed by atoms with Crippen molar-refractivity contribution in [2.75, 3.05) is 32.1 Å². The number of nitrogens with two attached hydrogens (primary N) is 2. The van der Waals surface area contributed by atoms with Crippen LogP contribution in [-0.4, -0.2) is 35.4 Å². The highest BCUT2D eigenvalue weighted by Crippen LogP contribution is 2.24. The molecule has 0 bridgehead atoms. The van der Waals surface area contributed by atoms with Gasteiger partial charge in [-0.1, -0.05) is 0 Å². The fourth-order valence-electron chi connectivity index (χ4n) is 1.26. The predicted octanol–water partition coefficient (Wildman–Crippen LogP) is 0.258. The lowest BCUT2D eigenvalue weighted by atomic mass is 10.1. The third-order valence-electron chi connectivity index (χ3n) is 2.17. The van der Waals surface area contributed by atoms with E-state index in [2.05, 4.69) is 4.98 Å². The van der Waals surface area contributed by atoms with Crippen LogP contribution in [0.4, 0.5) is 17.3 Å². The first-order chi connectivity index (χ1) is 7.41. The molecule has 0 aliphatic rings. The number of anilines is 2. The minimum Gasteiger partial charge on any atom is -0.383 e. The molecule has 0 saturated heterocycles. The minimum absolute atomic E-state index is 0.142. The van der Waals surface area contributed by atoms with Gasteiger partial charge in [-0.25, -0.2) is 4.98 Å². The van der Waals surface area contributed by atoms with Crippen LogP contribution in [0.2, 0.25) is 0 Å². The number of aromatic nitrogens is 1. The van der Waals surface area contributed by atoms with Crippen LogP contribution in [-0.2, 0) is 6.42 Å². The molecule has 1 heterocycles. The van der Waals surface area contributed by atoms with E-state index in [4.69, 9.17) is 11.5 Å². The Balaban J connectivity index is 3.00. The summed E-state index contributed by atoms with van der Waals surface area (Å²) in [6.45, 7) is 0.743. The van der Waals surface area contributed by atoms with E-state index < -0.39 is 4.92 Å². The van der Waals surface area contributed by atoms with Crippen molar-refractivity contribution >= 4 is 17.3 Å². The van der Waals surface area contributed by atoms with Crippen LogP contribution in [0.3, 0.4) is 0 Å². The van der Waals surface area contributed by atoms with Crippen molar-refractivity contribution in [3.63, 3.8) is 0 Å². The van der Waals surface area contributed by atoms with Crippen molar-refractivity contribution in [1.29, 1.82) is 0 Å². The highest BCUT2D eigenvalue weighted by Gasteiger charge is 2.16. The van der Waals surface area contributed by atoms with E-state index >= 15 is 0 Å². The van der Waals surface area contributed by atoms with Gasteiger partial charge in [-0.15, -0.1) is 0 Å². The highest BCUT2D eigenvalue weighted by molar-refractivity contribution is 5.59. The van der Waals surface area contributed by atoms with Gasteiger partial charge >= 0.3 is 5.69 Å². The molecule has 1 aromatic rings. The van der Waals surface area contributed by atoms with Gasteiger partial charge in [0.05, 0.1) is 4.92 Å². The van der Waals surface area contributed by atoms with Gasteiger partial charge in [0.1, 0.15) is 5.82 Å². The highest BCUT2D eigenvalue weighted by atomic mass is 16.6. The Morgan fingerprint density at radius 2 is 2.06 bits per heavy atom. The van der Waals surface area contributed by atoms with E-state index in [-0.39, 0.29) is 17.3 Å². The van der Waals surface area contributed by atoms with Gasteiger partial charge in [0, 0.05) is 18.2 Å². The topological polar surface area (TPSA) is 111 Å². The largest absolute Gasteiger partial charge is 0.383 e. The molecule has 0 spiro atoms. The molecule has 0 aliphatic carbocycles. The number of nitrogen functional groups attached to an aromatic ring is 2. The van der Waals surface area contributed by atoms with Crippen molar-refractivity contribution in [1.82, 2.24) is 9.88 Å². The third-order valence-corrected chi connectivity index (χ3v) is 2.17. The number of hydrogen-bond donors (Lipinski definition) is 2. The van der Waals surface area contributed by atoms with Crippen molar-refractivity contribution < 1.29 is 4.92 Å². The van der Waals surface area contributed by atoms with Crippen molar-refractivity contribution in [3.8, 4) is 0 Å². The molecule has 0 radical (unpaired) electrons. The molecule has 1 aromatic heterocycles. The van der Waals surface area contributed by atoms with Crippen LogP contribution < -0.4 is 11.5 Å². The van der Waals surface area contributed by atoms with Crippen molar-refractivity contribution in [2.24, 2.45) is 0 Å². The molecule has 0 fully saturated rings. The molecule has 7 nitrogen and oxygen atoms in total. The van der Waals surface area contributed by atoms with E-state index in [9.17, 15) is 10.1 Å². The van der Waals surface area contributed by atoms with Crippen molar-refractivity contribution in [2.45, 2.75) is 6.42 Å². The van der Waals surface area contributed by atoms with E-state index in [0.717, 1.165) is 6.54 Å². The van der Waals surface area contributed by atoms with Gasteiger partial charge in [0.25, 0.3) is 0 Å². The molecule has 16 heavy (non-hydrogen) atoms. The maximum absolute atomic E-state index is 10.7. The summed E-state index contributed by atoms with van der Waals surface area (Å²) in [5.74, 6) is 0.112. The summed E-state index contributed by atoms with van der Waals surface area (Å²) in [6, 6.07) is 1.39. The summed E-state index contributed by atoms with van der Waals surface area (Å²) in [4.78, 5) is 15.8. The van der Waals surface area contributed by atoms with Gasteiger partial charge in [-0.05, 0) is 20.5 Å². The maximum atomic E-state index is 10.7.